The summed E-state index contributed by atoms with van der Waals surface area (Å²) in [4.78, 5) is 23.1. The number of rotatable bonds is 2. The van der Waals surface area contributed by atoms with Crippen molar-refractivity contribution in [3.8, 4) is 0 Å². The van der Waals surface area contributed by atoms with Gasteiger partial charge >= 0.3 is 5.97 Å². The smallest absolute Gasteiger partial charge is 0.328 e. The fraction of sp³-hybridized carbons (Fsp3) is 0.652. The molecule has 0 heterocycles. The first-order valence-corrected chi connectivity index (χ1v) is 10.5. The van der Waals surface area contributed by atoms with Gasteiger partial charge < -0.3 is 15.3 Å². The highest BCUT2D eigenvalue weighted by Gasteiger charge is 2.75. The molecule has 28 heavy (non-hydrogen) atoms. The Kier molecular flexibility index (Phi) is 3.77. The lowest BCUT2D eigenvalue weighted by Gasteiger charge is -2.57. The van der Waals surface area contributed by atoms with Gasteiger partial charge in [-0.15, -0.1) is 0 Å². The van der Waals surface area contributed by atoms with Crippen molar-refractivity contribution in [3.05, 3.63) is 35.6 Å². The van der Waals surface area contributed by atoms with Crippen LogP contribution in [0, 0.1) is 40.9 Å². The minimum Gasteiger partial charge on any atom is -0.515 e. The van der Waals surface area contributed by atoms with Crippen molar-refractivity contribution in [2.24, 2.45) is 40.9 Å². The van der Waals surface area contributed by atoms with Gasteiger partial charge in [-0.05, 0) is 90.9 Å². The second-order valence-corrected chi connectivity index (χ2v) is 9.88. The van der Waals surface area contributed by atoms with E-state index < -0.39 is 11.6 Å². The summed E-state index contributed by atoms with van der Waals surface area (Å²) in [5, 5.41) is 30.6. The summed E-state index contributed by atoms with van der Waals surface area (Å²) in [6, 6.07) is 0. The molecule has 5 heteroatoms. The van der Waals surface area contributed by atoms with E-state index in [1.807, 2.05) is 0 Å². The third-order valence-electron chi connectivity index (χ3n) is 8.92. The van der Waals surface area contributed by atoms with Gasteiger partial charge in [0, 0.05) is 17.9 Å². The zero-order valence-electron chi connectivity index (χ0n) is 16.2. The Bertz CT molecular complexity index is 838. The highest BCUT2D eigenvalue weighted by Crippen LogP contribution is 2.76. The normalized spacial score (nSPS) is 50.6. The topological polar surface area (TPSA) is 94.8 Å². The lowest BCUT2D eigenvalue weighted by Crippen LogP contribution is -2.54. The van der Waals surface area contributed by atoms with E-state index in [0.29, 0.717) is 36.0 Å². The van der Waals surface area contributed by atoms with E-state index in [2.05, 4.69) is 6.92 Å². The molecule has 4 fully saturated rings. The summed E-state index contributed by atoms with van der Waals surface area (Å²) >= 11 is 0. The Morgan fingerprint density at radius 3 is 2.75 bits per heavy atom. The third-order valence-corrected chi connectivity index (χ3v) is 8.92. The summed E-state index contributed by atoms with van der Waals surface area (Å²) in [7, 11) is 0. The number of aliphatic hydroxyl groups excluding tert-OH is 1. The predicted molar refractivity (Wildman–Crippen MR) is 102 cm³/mol. The molecule has 4 saturated carbocycles. The molecule has 0 aromatic rings. The average molecular weight is 384 g/mol. The fourth-order valence-corrected chi connectivity index (χ4v) is 7.76. The van der Waals surface area contributed by atoms with Crippen molar-refractivity contribution in [2.75, 3.05) is 0 Å². The van der Waals surface area contributed by atoms with Crippen LogP contribution >= 0.6 is 0 Å². The van der Waals surface area contributed by atoms with Gasteiger partial charge in [0.2, 0.25) is 0 Å². The van der Waals surface area contributed by atoms with Crippen LogP contribution in [0.3, 0.4) is 0 Å². The van der Waals surface area contributed by atoms with Gasteiger partial charge in [0.05, 0.1) is 11.9 Å². The average Bonchev–Trinajstić information content (AvgIpc) is 3.42. The Morgan fingerprint density at radius 1 is 1.25 bits per heavy atom. The first kappa shape index (κ1) is 18.2. The number of fused-ring (bicyclic) bond motifs is 7. The highest BCUT2D eigenvalue weighted by molar-refractivity contribution is 5.92. The summed E-state index contributed by atoms with van der Waals surface area (Å²) in [6.45, 7) is 2.14. The molecule has 5 aliphatic rings. The summed E-state index contributed by atoms with van der Waals surface area (Å²) in [5.41, 5.74) is 0.528. The van der Waals surface area contributed by atoms with Crippen LogP contribution in [0.15, 0.2) is 35.6 Å². The van der Waals surface area contributed by atoms with E-state index in [9.17, 15) is 19.8 Å². The molecular weight excluding hydrogens is 356 g/mol. The van der Waals surface area contributed by atoms with Crippen LogP contribution < -0.4 is 0 Å². The fourth-order valence-electron chi connectivity index (χ4n) is 7.76. The van der Waals surface area contributed by atoms with Crippen LogP contribution in [0.5, 0.6) is 0 Å². The van der Waals surface area contributed by atoms with E-state index >= 15 is 0 Å². The van der Waals surface area contributed by atoms with Crippen molar-refractivity contribution >= 4 is 11.8 Å². The second-order valence-electron chi connectivity index (χ2n) is 9.88. The van der Waals surface area contributed by atoms with Crippen LogP contribution in [-0.2, 0) is 9.59 Å². The van der Waals surface area contributed by atoms with Gasteiger partial charge in [0.1, 0.15) is 0 Å². The van der Waals surface area contributed by atoms with Crippen molar-refractivity contribution in [1.29, 1.82) is 0 Å². The van der Waals surface area contributed by atoms with Crippen LogP contribution in [-0.4, -0.2) is 32.7 Å². The zero-order valence-corrected chi connectivity index (χ0v) is 16.2. The molecule has 0 saturated heterocycles. The van der Waals surface area contributed by atoms with E-state index in [1.165, 1.54) is 6.26 Å². The van der Waals surface area contributed by atoms with Gasteiger partial charge in [0.25, 0.3) is 0 Å². The number of carbonyl (C=O) groups excluding carboxylic acids is 1. The molecule has 0 amide bonds. The molecule has 0 aliphatic heterocycles. The Balaban J connectivity index is 1.53. The lowest BCUT2D eigenvalue weighted by atomic mass is 9.48. The number of carbonyl (C=O) groups is 2. The van der Waals surface area contributed by atoms with Crippen LogP contribution in [0.4, 0.5) is 0 Å². The van der Waals surface area contributed by atoms with Gasteiger partial charge in [0.15, 0.2) is 5.78 Å². The van der Waals surface area contributed by atoms with Gasteiger partial charge in [-0.1, -0.05) is 6.92 Å². The van der Waals surface area contributed by atoms with E-state index in [1.54, 1.807) is 12.2 Å². The summed E-state index contributed by atoms with van der Waals surface area (Å²) < 4.78 is 0. The second kappa shape index (κ2) is 5.82. The van der Waals surface area contributed by atoms with E-state index in [4.69, 9.17) is 5.11 Å². The minimum absolute atomic E-state index is 0.142. The summed E-state index contributed by atoms with van der Waals surface area (Å²) in [5.74, 6) is 1.20. The van der Waals surface area contributed by atoms with Crippen molar-refractivity contribution in [2.45, 2.75) is 51.0 Å². The van der Waals surface area contributed by atoms with Crippen LogP contribution in [0.1, 0.15) is 45.4 Å². The minimum atomic E-state index is -1.06. The van der Waals surface area contributed by atoms with Crippen molar-refractivity contribution < 1.29 is 24.9 Å². The number of carboxylic acid groups (broad SMARTS) is 1. The van der Waals surface area contributed by atoms with Gasteiger partial charge in [-0.3, -0.25) is 4.79 Å². The van der Waals surface area contributed by atoms with E-state index in [0.717, 1.165) is 49.3 Å². The Labute approximate surface area is 164 Å². The third kappa shape index (κ3) is 2.23. The number of allylic oxidation sites excluding steroid dienone is 2. The predicted octanol–water partition coefficient (Wildman–Crippen LogP) is 3.41. The molecule has 0 radical (unpaired) electrons. The Morgan fingerprint density at radius 2 is 2.04 bits per heavy atom. The monoisotopic (exact) mass is 384 g/mol. The maximum Gasteiger partial charge on any atom is 0.328 e. The molecule has 5 nitrogen and oxygen atoms in total. The maximum absolute atomic E-state index is 12.0. The summed E-state index contributed by atoms with van der Waals surface area (Å²) in [6.07, 6.45) is 10.6. The van der Waals surface area contributed by atoms with Gasteiger partial charge in [-0.2, -0.15) is 0 Å². The zero-order chi connectivity index (χ0) is 19.8. The number of aliphatic carboxylic acids is 1. The molecule has 8 atom stereocenters. The van der Waals surface area contributed by atoms with Crippen molar-refractivity contribution in [1.82, 2.24) is 0 Å². The van der Waals surface area contributed by atoms with Gasteiger partial charge in [-0.25, -0.2) is 4.79 Å². The number of carboxylic acids is 1. The highest BCUT2D eigenvalue weighted by atomic mass is 16.4. The quantitative estimate of drug-likeness (QED) is 0.501. The molecule has 0 bridgehead atoms. The molecule has 5 rings (SSSR count). The molecule has 0 spiro atoms. The van der Waals surface area contributed by atoms with E-state index in [-0.39, 0.29) is 17.1 Å². The SMILES string of the molecule is C[C@]12CC[C@H]3[C@@H](CC(=CO)C4=CC(=O)CC[C@@H]43)[C@@H]1[C@H]1C[C@H]1[C@@]2(O)/C=C\C(=O)O. The molecule has 150 valence electrons. The molecular formula is C23H28O5. The van der Waals surface area contributed by atoms with Crippen LogP contribution in [0.2, 0.25) is 0 Å². The molecule has 0 aromatic carbocycles. The molecule has 0 unspecified atom stereocenters. The first-order chi connectivity index (χ1) is 13.3. The largest absolute Gasteiger partial charge is 0.515 e. The molecule has 5 aliphatic carbocycles. The molecule has 3 N–H and O–H groups in total. The maximum atomic E-state index is 12.0. The Hall–Kier alpha value is -1.88. The number of hydrogen-bond donors (Lipinski definition) is 3. The molecule has 0 aromatic heterocycles. The lowest BCUT2D eigenvalue weighted by molar-refractivity contribution is -0.132. The van der Waals surface area contributed by atoms with Crippen LogP contribution in [0.25, 0.3) is 0 Å². The number of hydrogen-bond acceptors (Lipinski definition) is 4. The first-order valence-electron chi connectivity index (χ1n) is 10.5. The number of ketones is 1. The standard InChI is InChI=1S/C23H28O5/c1-22-6-4-15-14-3-2-13(25)9-16(14)12(11-24)8-17(15)21(22)18-10-19(18)23(22,28)7-5-20(26)27/h5,7,9,11,14-15,17-19,21,24,28H,2-4,6,8,10H2,1H3,(H,26,27)/b7-5-,12-11?/t14-,15-,17-,18+,19-,21-,22+,23+/m1/s1. The van der Waals surface area contributed by atoms with Crippen molar-refractivity contribution in [3.63, 3.8) is 0 Å². The number of aliphatic hydroxyl groups is 2.